The third kappa shape index (κ3) is 5.17. The van der Waals surface area contributed by atoms with Crippen LogP contribution in [-0.4, -0.2) is 51.4 Å². The standard InChI is InChI=1S/C18H18Cl3N3O3S/c19-13-1-4-15(5-2-13)28(26,27)24-9-7-23(8-10-24)12-18(25)22-14-3-6-16(20)17(21)11-14/h1-6,11H,7-10,12H2,(H,22,25)/p+1. The van der Waals surface area contributed by atoms with Gasteiger partial charge < -0.3 is 10.2 Å². The summed E-state index contributed by atoms with van der Waals surface area (Å²) in [7, 11) is -3.55. The number of piperazine rings is 1. The molecule has 1 aliphatic rings. The number of rotatable bonds is 5. The van der Waals surface area contributed by atoms with E-state index in [0.717, 1.165) is 4.90 Å². The van der Waals surface area contributed by atoms with E-state index in [1.807, 2.05) is 0 Å². The van der Waals surface area contributed by atoms with Crippen molar-refractivity contribution in [3.63, 3.8) is 0 Å². The molecule has 2 N–H and O–H groups in total. The maximum atomic E-state index is 12.7. The fourth-order valence-corrected chi connectivity index (χ4v) is 4.85. The van der Waals surface area contributed by atoms with Gasteiger partial charge in [0, 0.05) is 10.7 Å². The summed E-state index contributed by atoms with van der Waals surface area (Å²) in [5.41, 5.74) is 0.572. The van der Waals surface area contributed by atoms with Crippen molar-refractivity contribution in [1.29, 1.82) is 0 Å². The van der Waals surface area contributed by atoms with E-state index in [4.69, 9.17) is 34.8 Å². The molecule has 0 atom stereocenters. The van der Waals surface area contributed by atoms with Gasteiger partial charge in [0.15, 0.2) is 6.54 Å². The van der Waals surface area contributed by atoms with Crippen molar-refractivity contribution in [2.24, 2.45) is 0 Å². The fraction of sp³-hybridized carbons (Fsp3) is 0.278. The predicted molar refractivity (Wildman–Crippen MR) is 111 cm³/mol. The quantitative estimate of drug-likeness (QED) is 0.714. The lowest BCUT2D eigenvalue weighted by atomic mass is 10.3. The molecule has 0 unspecified atom stereocenters. The highest BCUT2D eigenvalue weighted by Gasteiger charge is 2.31. The van der Waals surface area contributed by atoms with E-state index >= 15 is 0 Å². The van der Waals surface area contributed by atoms with Gasteiger partial charge in [-0.3, -0.25) is 4.79 Å². The number of carbonyl (C=O) groups excluding carboxylic acids is 1. The third-order valence-electron chi connectivity index (χ3n) is 4.49. The normalized spacial score (nSPS) is 16.1. The van der Waals surface area contributed by atoms with Crippen molar-refractivity contribution < 1.29 is 18.1 Å². The molecule has 0 radical (unpaired) electrons. The summed E-state index contributed by atoms with van der Waals surface area (Å²) in [6.07, 6.45) is 0. The van der Waals surface area contributed by atoms with E-state index in [-0.39, 0.29) is 17.3 Å². The maximum absolute atomic E-state index is 12.7. The van der Waals surface area contributed by atoms with Crippen molar-refractivity contribution in [2.75, 3.05) is 38.0 Å². The molecule has 0 saturated carbocycles. The Bertz CT molecular complexity index is 960. The number of halogens is 3. The zero-order valence-electron chi connectivity index (χ0n) is 14.8. The minimum atomic E-state index is -3.55. The molecule has 1 amide bonds. The van der Waals surface area contributed by atoms with Crippen LogP contribution in [0.5, 0.6) is 0 Å². The summed E-state index contributed by atoms with van der Waals surface area (Å²) in [6, 6.07) is 11.0. The zero-order chi connectivity index (χ0) is 20.3. The Morgan fingerprint density at radius 1 is 1.00 bits per heavy atom. The molecule has 0 spiro atoms. The van der Waals surface area contributed by atoms with Crippen LogP contribution in [0.25, 0.3) is 0 Å². The van der Waals surface area contributed by atoms with Crippen LogP contribution in [-0.2, 0) is 14.8 Å². The second kappa shape index (κ2) is 8.98. The molecule has 28 heavy (non-hydrogen) atoms. The van der Waals surface area contributed by atoms with Crippen molar-refractivity contribution in [3.05, 3.63) is 57.5 Å². The molecule has 1 saturated heterocycles. The summed E-state index contributed by atoms with van der Waals surface area (Å²) in [4.78, 5) is 13.5. The highest BCUT2D eigenvalue weighted by atomic mass is 35.5. The van der Waals surface area contributed by atoms with Crippen LogP contribution in [0.3, 0.4) is 0 Å². The van der Waals surface area contributed by atoms with Gasteiger partial charge in [0.25, 0.3) is 5.91 Å². The van der Waals surface area contributed by atoms with E-state index in [2.05, 4.69) is 5.32 Å². The van der Waals surface area contributed by atoms with Crippen LogP contribution in [0.15, 0.2) is 47.4 Å². The molecule has 10 heteroatoms. The van der Waals surface area contributed by atoms with E-state index < -0.39 is 10.0 Å². The van der Waals surface area contributed by atoms with Crippen LogP contribution in [0.2, 0.25) is 15.1 Å². The molecule has 2 aromatic carbocycles. The number of anilines is 1. The van der Waals surface area contributed by atoms with Gasteiger partial charge in [-0.2, -0.15) is 4.31 Å². The Morgan fingerprint density at radius 3 is 2.25 bits per heavy atom. The molecular weight excluding hydrogens is 445 g/mol. The molecule has 2 aromatic rings. The SMILES string of the molecule is O=C(C[NH+]1CCN(S(=O)(=O)c2ccc(Cl)cc2)CC1)Nc1ccc(Cl)c(Cl)c1. The number of nitrogens with one attached hydrogen (secondary N) is 2. The van der Waals surface area contributed by atoms with Crippen molar-refractivity contribution in [1.82, 2.24) is 4.31 Å². The van der Waals surface area contributed by atoms with Crippen molar-refractivity contribution in [2.45, 2.75) is 4.90 Å². The number of quaternary nitrogens is 1. The maximum Gasteiger partial charge on any atom is 0.279 e. The van der Waals surface area contributed by atoms with Crippen molar-refractivity contribution in [3.8, 4) is 0 Å². The first-order chi connectivity index (χ1) is 13.3. The van der Waals surface area contributed by atoms with Crippen LogP contribution >= 0.6 is 34.8 Å². The lowest BCUT2D eigenvalue weighted by Gasteiger charge is -2.31. The second-order valence-electron chi connectivity index (χ2n) is 6.46. The second-order valence-corrected chi connectivity index (χ2v) is 9.65. The Labute approximate surface area is 179 Å². The van der Waals surface area contributed by atoms with Gasteiger partial charge in [0.2, 0.25) is 10.0 Å². The van der Waals surface area contributed by atoms with E-state index in [0.29, 0.717) is 46.9 Å². The molecule has 150 valence electrons. The zero-order valence-corrected chi connectivity index (χ0v) is 17.9. The predicted octanol–water partition coefficient (Wildman–Crippen LogP) is 2.17. The Morgan fingerprint density at radius 2 is 1.64 bits per heavy atom. The van der Waals surface area contributed by atoms with Crippen LogP contribution in [0.4, 0.5) is 5.69 Å². The van der Waals surface area contributed by atoms with E-state index in [1.54, 1.807) is 30.3 Å². The molecule has 1 fully saturated rings. The molecule has 3 rings (SSSR count). The highest BCUT2D eigenvalue weighted by Crippen LogP contribution is 2.24. The number of amides is 1. The molecule has 1 heterocycles. The smallest absolute Gasteiger partial charge is 0.279 e. The molecule has 0 aliphatic carbocycles. The fourth-order valence-electron chi connectivity index (χ4n) is 2.98. The summed E-state index contributed by atoms with van der Waals surface area (Å²) in [5, 5.41) is 4.06. The number of sulfonamides is 1. The monoisotopic (exact) mass is 462 g/mol. The van der Waals surface area contributed by atoms with E-state index in [1.165, 1.54) is 16.4 Å². The summed E-state index contributed by atoms with van der Waals surface area (Å²) < 4.78 is 26.8. The first-order valence-electron chi connectivity index (χ1n) is 8.60. The molecule has 6 nitrogen and oxygen atoms in total. The Hall–Kier alpha value is -1.35. The summed E-state index contributed by atoms with van der Waals surface area (Å²) in [5.74, 6) is -0.164. The van der Waals surface area contributed by atoms with Gasteiger partial charge in [-0.05, 0) is 42.5 Å². The third-order valence-corrected chi connectivity index (χ3v) is 7.40. The number of hydrogen-bond acceptors (Lipinski definition) is 3. The molecular formula is C18H19Cl3N3O3S+. The average molecular weight is 464 g/mol. The Balaban J connectivity index is 1.54. The van der Waals surface area contributed by atoms with Crippen LogP contribution in [0.1, 0.15) is 0 Å². The lowest BCUT2D eigenvalue weighted by molar-refractivity contribution is -0.895. The largest absolute Gasteiger partial charge is 0.325 e. The lowest BCUT2D eigenvalue weighted by Crippen LogP contribution is -3.15. The van der Waals surface area contributed by atoms with Gasteiger partial charge in [0.1, 0.15) is 0 Å². The Kier molecular flexibility index (Phi) is 6.85. The molecule has 0 bridgehead atoms. The van der Waals surface area contributed by atoms with Gasteiger partial charge >= 0.3 is 0 Å². The summed E-state index contributed by atoms with van der Waals surface area (Å²) >= 11 is 17.6. The minimum absolute atomic E-state index is 0.164. The average Bonchev–Trinajstić information content (AvgIpc) is 2.65. The van der Waals surface area contributed by atoms with Crippen molar-refractivity contribution >= 4 is 56.4 Å². The van der Waals surface area contributed by atoms with Gasteiger partial charge in [0.05, 0.1) is 41.1 Å². The topological polar surface area (TPSA) is 70.9 Å². The summed E-state index contributed by atoms with van der Waals surface area (Å²) in [6.45, 7) is 2.03. The van der Waals surface area contributed by atoms with Gasteiger partial charge in [-0.15, -0.1) is 0 Å². The highest BCUT2D eigenvalue weighted by molar-refractivity contribution is 7.89. The van der Waals surface area contributed by atoms with Gasteiger partial charge in [-0.25, -0.2) is 8.42 Å². The number of hydrogen-bond donors (Lipinski definition) is 2. The molecule has 0 aromatic heterocycles. The van der Waals surface area contributed by atoms with Crippen LogP contribution < -0.4 is 10.2 Å². The number of benzene rings is 2. The molecule has 1 aliphatic heterocycles. The van der Waals surface area contributed by atoms with E-state index in [9.17, 15) is 13.2 Å². The van der Waals surface area contributed by atoms with Crippen LogP contribution in [0, 0.1) is 0 Å². The number of nitrogens with zero attached hydrogens (tertiary/aromatic N) is 1. The first-order valence-corrected chi connectivity index (χ1v) is 11.2. The van der Waals surface area contributed by atoms with Gasteiger partial charge in [-0.1, -0.05) is 34.8 Å². The first kappa shape index (κ1) is 21.4. The number of carbonyl (C=O) groups is 1. The minimum Gasteiger partial charge on any atom is -0.325 e.